The molecule has 0 saturated carbocycles. The van der Waals surface area contributed by atoms with Crippen molar-refractivity contribution < 1.29 is 14.3 Å². The first-order chi connectivity index (χ1) is 16.1. The Morgan fingerprint density at radius 3 is 2.82 bits per heavy atom. The molecule has 2 aliphatic rings. The molecule has 0 spiro atoms. The van der Waals surface area contributed by atoms with Crippen molar-refractivity contribution in [3.8, 4) is 5.75 Å². The number of aryl methyl sites for hydroxylation is 1. The topological polar surface area (TPSA) is 61.6 Å². The number of phenolic OH excluding ortho intramolecular Hbond substituents is 1. The van der Waals surface area contributed by atoms with E-state index in [0.717, 1.165) is 61.4 Å². The molecule has 0 radical (unpaired) electrons. The lowest BCUT2D eigenvalue weighted by Crippen LogP contribution is -2.50. The van der Waals surface area contributed by atoms with Crippen LogP contribution >= 0.6 is 0 Å². The van der Waals surface area contributed by atoms with E-state index in [9.17, 15) is 14.3 Å². The zero-order chi connectivity index (χ0) is 22.8. The molecular weight excluding hydrogens is 419 g/mol. The van der Waals surface area contributed by atoms with Gasteiger partial charge < -0.3 is 14.6 Å². The number of carbonyl (C=O) groups excluding carboxylic acids is 1. The molecule has 1 N–H and O–H groups in total. The Bertz CT molecular complexity index is 1140. The molecule has 1 amide bonds. The molecule has 0 bridgehead atoms. The van der Waals surface area contributed by atoms with Crippen LogP contribution in [-0.4, -0.2) is 56.5 Å². The van der Waals surface area contributed by atoms with E-state index in [1.165, 1.54) is 6.07 Å². The molecule has 33 heavy (non-hydrogen) atoms. The first-order valence-electron chi connectivity index (χ1n) is 11.7. The van der Waals surface area contributed by atoms with Crippen molar-refractivity contribution in [3.05, 3.63) is 83.2 Å². The second-order valence-electron chi connectivity index (χ2n) is 9.01. The van der Waals surface area contributed by atoms with Crippen LogP contribution in [-0.2, 0) is 24.2 Å². The first kappa shape index (κ1) is 21.6. The van der Waals surface area contributed by atoms with Crippen molar-refractivity contribution in [3.63, 3.8) is 0 Å². The Labute approximate surface area is 193 Å². The predicted molar refractivity (Wildman–Crippen MR) is 123 cm³/mol. The fourth-order valence-electron chi connectivity index (χ4n) is 5.06. The van der Waals surface area contributed by atoms with E-state index in [4.69, 9.17) is 0 Å². The second kappa shape index (κ2) is 9.35. The van der Waals surface area contributed by atoms with E-state index in [2.05, 4.69) is 14.5 Å². The SMILES string of the molecule is O=C1CN(CCc2cnc3n2C(c2cccc(F)c2)CCC3)CCN1Cc1cccc(O)c1. The quantitative estimate of drug-likeness (QED) is 0.627. The number of nitrogens with zero attached hydrogens (tertiary/aromatic N) is 4. The zero-order valence-corrected chi connectivity index (χ0v) is 18.7. The minimum absolute atomic E-state index is 0.109. The highest BCUT2D eigenvalue weighted by Crippen LogP contribution is 2.32. The summed E-state index contributed by atoms with van der Waals surface area (Å²) in [5, 5.41) is 9.66. The molecule has 7 heteroatoms. The number of rotatable bonds is 6. The third-order valence-electron chi connectivity index (χ3n) is 6.74. The van der Waals surface area contributed by atoms with Crippen molar-refractivity contribution in [2.75, 3.05) is 26.2 Å². The molecule has 1 unspecified atom stereocenters. The van der Waals surface area contributed by atoms with E-state index in [1.807, 2.05) is 23.2 Å². The van der Waals surface area contributed by atoms with Crippen LogP contribution < -0.4 is 0 Å². The van der Waals surface area contributed by atoms with Crippen LogP contribution in [0.25, 0.3) is 0 Å². The van der Waals surface area contributed by atoms with Gasteiger partial charge in [-0.05, 0) is 48.2 Å². The van der Waals surface area contributed by atoms with E-state index >= 15 is 0 Å². The van der Waals surface area contributed by atoms with E-state index in [0.29, 0.717) is 19.6 Å². The highest BCUT2D eigenvalue weighted by atomic mass is 19.1. The van der Waals surface area contributed by atoms with Gasteiger partial charge >= 0.3 is 0 Å². The van der Waals surface area contributed by atoms with Crippen molar-refractivity contribution in [2.45, 2.75) is 38.3 Å². The van der Waals surface area contributed by atoms with Crippen LogP contribution in [0.1, 0.15) is 41.5 Å². The Hall–Kier alpha value is -3.19. The molecule has 2 aromatic carbocycles. The van der Waals surface area contributed by atoms with Gasteiger partial charge in [0.1, 0.15) is 17.4 Å². The molecule has 2 aliphatic heterocycles. The molecule has 1 fully saturated rings. The summed E-state index contributed by atoms with van der Waals surface area (Å²) in [4.78, 5) is 21.4. The second-order valence-corrected chi connectivity index (χ2v) is 9.01. The van der Waals surface area contributed by atoms with Crippen molar-refractivity contribution in [2.24, 2.45) is 0 Å². The van der Waals surface area contributed by atoms with Crippen molar-refractivity contribution in [1.82, 2.24) is 19.4 Å². The van der Waals surface area contributed by atoms with Gasteiger partial charge in [-0.25, -0.2) is 9.37 Å². The molecule has 3 heterocycles. The molecule has 1 atom stereocenters. The van der Waals surface area contributed by atoms with Crippen LogP contribution in [0.15, 0.2) is 54.7 Å². The lowest BCUT2D eigenvalue weighted by atomic mass is 9.96. The number of piperazine rings is 1. The van der Waals surface area contributed by atoms with E-state index in [1.54, 1.807) is 30.3 Å². The maximum atomic E-state index is 13.9. The summed E-state index contributed by atoms with van der Waals surface area (Å²) in [6.07, 6.45) is 5.73. The minimum atomic E-state index is -0.205. The fraction of sp³-hybridized carbons (Fsp3) is 0.385. The van der Waals surface area contributed by atoms with Gasteiger partial charge in [0.25, 0.3) is 0 Å². The molecule has 1 aromatic heterocycles. The summed E-state index contributed by atoms with van der Waals surface area (Å²) in [6.45, 7) is 3.19. The number of hydrogen-bond donors (Lipinski definition) is 1. The maximum absolute atomic E-state index is 13.9. The molecule has 0 aliphatic carbocycles. The van der Waals surface area contributed by atoms with Crippen molar-refractivity contribution in [1.29, 1.82) is 0 Å². The maximum Gasteiger partial charge on any atom is 0.237 e. The number of benzene rings is 2. The van der Waals surface area contributed by atoms with Crippen LogP contribution in [0.2, 0.25) is 0 Å². The van der Waals surface area contributed by atoms with E-state index in [-0.39, 0.29) is 23.5 Å². The van der Waals surface area contributed by atoms with Gasteiger partial charge in [-0.3, -0.25) is 9.69 Å². The van der Waals surface area contributed by atoms with Gasteiger partial charge in [-0.1, -0.05) is 24.3 Å². The average molecular weight is 449 g/mol. The number of halogens is 1. The van der Waals surface area contributed by atoms with Crippen LogP contribution in [0.3, 0.4) is 0 Å². The predicted octanol–water partition coefficient (Wildman–Crippen LogP) is 3.54. The number of hydrogen-bond acceptors (Lipinski definition) is 4. The van der Waals surface area contributed by atoms with Gasteiger partial charge in [-0.15, -0.1) is 0 Å². The summed E-state index contributed by atoms with van der Waals surface area (Å²) in [5.41, 5.74) is 3.07. The van der Waals surface area contributed by atoms with Gasteiger partial charge in [0.05, 0.1) is 12.6 Å². The number of amides is 1. The summed E-state index contributed by atoms with van der Waals surface area (Å²) >= 11 is 0. The smallest absolute Gasteiger partial charge is 0.237 e. The first-order valence-corrected chi connectivity index (χ1v) is 11.7. The Morgan fingerprint density at radius 2 is 2.00 bits per heavy atom. The lowest BCUT2D eigenvalue weighted by molar-refractivity contribution is -0.136. The number of phenols is 1. The molecule has 6 nitrogen and oxygen atoms in total. The highest BCUT2D eigenvalue weighted by Gasteiger charge is 2.27. The summed E-state index contributed by atoms with van der Waals surface area (Å²) < 4.78 is 16.2. The zero-order valence-electron chi connectivity index (χ0n) is 18.7. The van der Waals surface area contributed by atoms with Gasteiger partial charge in [0.15, 0.2) is 0 Å². The van der Waals surface area contributed by atoms with Crippen LogP contribution in [0.5, 0.6) is 5.75 Å². The molecule has 172 valence electrons. The van der Waals surface area contributed by atoms with Gasteiger partial charge in [0.2, 0.25) is 5.91 Å². The van der Waals surface area contributed by atoms with Crippen LogP contribution in [0, 0.1) is 5.82 Å². The number of carbonyl (C=O) groups is 1. The van der Waals surface area contributed by atoms with E-state index < -0.39 is 0 Å². The molecule has 5 rings (SSSR count). The number of aromatic nitrogens is 2. The number of imidazole rings is 1. The molecular formula is C26H29FN4O2. The standard InChI is InChI=1S/C26H29FN4O2/c27-21-6-2-5-20(15-21)24-8-3-9-25-28-16-22(31(24)25)10-11-29-12-13-30(26(33)18-29)17-19-4-1-7-23(32)14-19/h1-2,4-7,14-16,24,32H,3,8-13,17-18H2. The summed E-state index contributed by atoms with van der Waals surface area (Å²) in [6, 6.07) is 14.1. The number of aromatic hydroxyl groups is 1. The third-order valence-corrected chi connectivity index (χ3v) is 6.74. The summed E-state index contributed by atoms with van der Waals surface area (Å²) in [7, 11) is 0. The Balaban J connectivity index is 1.22. The largest absolute Gasteiger partial charge is 0.508 e. The van der Waals surface area contributed by atoms with Gasteiger partial charge in [-0.2, -0.15) is 0 Å². The Kier molecular flexibility index (Phi) is 6.13. The van der Waals surface area contributed by atoms with Crippen molar-refractivity contribution >= 4 is 5.91 Å². The lowest BCUT2D eigenvalue weighted by Gasteiger charge is -2.34. The number of fused-ring (bicyclic) bond motifs is 1. The monoisotopic (exact) mass is 448 g/mol. The third kappa shape index (κ3) is 4.78. The average Bonchev–Trinajstić information content (AvgIpc) is 3.23. The summed E-state index contributed by atoms with van der Waals surface area (Å²) in [5.74, 6) is 1.19. The Morgan fingerprint density at radius 1 is 1.12 bits per heavy atom. The molecule has 1 saturated heterocycles. The van der Waals surface area contributed by atoms with Gasteiger partial charge in [0, 0.05) is 50.9 Å². The highest BCUT2D eigenvalue weighted by molar-refractivity contribution is 5.79. The molecule has 3 aromatic rings. The van der Waals surface area contributed by atoms with Crippen LogP contribution in [0.4, 0.5) is 4.39 Å². The minimum Gasteiger partial charge on any atom is -0.508 e. The normalized spacial score (nSPS) is 19.0. The fourth-order valence-corrected chi connectivity index (χ4v) is 5.06.